The number of unbranched alkanes of at least 4 members (excludes halogenated alkanes) is 1. The second-order valence-electron chi connectivity index (χ2n) is 7.37. The van der Waals surface area contributed by atoms with Crippen LogP contribution in [0.3, 0.4) is 0 Å². The van der Waals surface area contributed by atoms with E-state index in [1.807, 2.05) is 13.0 Å². The summed E-state index contributed by atoms with van der Waals surface area (Å²) in [6.07, 6.45) is 7.39. The molecule has 0 heterocycles. The normalized spacial score (nSPS) is 15.9. The Kier molecular flexibility index (Phi) is 14.3. The van der Waals surface area contributed by atoms with E-state index in [2.05, 4.69) is 31.9 Å². The average Bonchev–Trinajstić information content (AvgIpc) is 2.68. The van der Waals surface area contributed by atoms with Crippen LogP contribution in [0.4, 0.5) is 0 Å². The van der Waals surface area contributed by atoms with Gasteiger partial charge in [-0.3, -0.25) is 9.80 Å². The Morgan fingerprint density at radius 3 is 2.46 bits per heavy atom. The average molecular weight is 418 g/mol. The first-order valence-corrected chi connectivity index (χ1v) is 10.8. The van der Waals surface area contributed by atoms with Gasteiger partial charge in [0, 0.05) is 37.8 Å². The molecule has 3 atom stereocenters. The van der Waals surface area contributed by atoms with Crippen LogP contribution in [0.2, 0.25) is 0 Å². The maximum absolute atomic E-state index is 13.0. The Bertz CT molecular complexity index is 490. The highest BCUT2D eigenvalue weighted by Gasteiger charge is 2.45. The Morgan fingerprint density at radius 2 is 1.96 bits per heavy atom. The number of hydrogen-bond donors (Lipinski definition) is 5. The van der Waals surface area contributed by atoms with Gasteiger partial charge in [0.05, 0.1) is 0 Å². The third kappa shape index (κ3) is 8.94. The lowest BCUT2D eigenvalue weighted by molar-refractivity contribution is -0.166. The second-order valence-corrected chi connectivity index (χ2v) is 7.74. The Hall–Kier alpha value is -1.09. The Labute approximate surface area is 175 Å². The summed E-state index contributed by atoms with van der Waals surface area (Å²) in [5.74, 6) is -0.539. The van der Waals surface area contributed by atoms with E-state index >= 15 is 0 Å². The van der Waals surface area contributed by atoms with Crippen molar-refractivity contribution in [2.45, 2.75) is 77.3 Å². The van der Waals surface area contributed by atoms with E-state index in [9.17, 15) is 19.8 Å². The summed E-state index contributed by atoms with van der Waals surface area (Å²) in [6.45, 7) is 6.10. The van der Waals surface area contributed by atoms with Crippen molar-refractivity contribution in [1.29, 1.82) is 0 Å². The molecule has 0 aliphatic rings. The van der Waals surface area contributed by atoms with Crippen LogP contribution in [0.5, 0.6) is 0 Å². The minimum atomic E-state index is -1.51. The maximum atomic E-state index is 13.0. The molecule has 5 N–H and O–H groups in total. The number of carbonyl (C=O) groups excluding carboxylic acids is 1. The molecule has 0 aliphatic heterocycles. The van der Waals surface area contributed by atoms with Gasteiger partial charge in [0.2, 0.25) is 5.91 Å². The largest absolute Gasteiger partial charge is 0.479 e. The summed E-state index contributed by atoms with van der Waals surface area (Å²) < 4.78 is 0. The summed E-state index contributed by atoms with van der Waals surface area (Å²) in [7, 11) is 0. The number of nitrogens with zero attached hydrogens (tertiary/aromatic N) is 1. The zero-order valence-electron chi connectivity index (χ0n) is 17.6. The number of rotatable bonds is 16. The SMILES string of the molecule is CCCC[C@@](CCO)(C(=O)O)N(NCC(N)CS)C(=O)C/C=C/C[C@@H](C)CC. The molecule has 0 saturated carbocycles. The number of aliphatic hydroxyl groups is 1. The van der Waals surface area contributed by atoms with Crippen molar-refractivity contribution in [3.8, 4) is 0 Å². The lowest BCUT2D eigenvalue weighted by Gasteiger charge is -2.41. The second kappa shape index (κ2) is 14.8. The van der Waals surface area contributed by atoms with E-state index in [0.29, 0.717) is 18.1 Å². The fraction of sp³-hybridized carbons (Fsp3) is 0.800. The molecule has 164 valence electrons. The van der Waals surface area contributed by atoms with Gasteiger partial charge in [-0.05, 0) is 18.8 Å². The molecule has 1 amide bonds. The molecular weight excluding hydrogens is 378 g/mol. The number of nitrogens with one attached hydrogen (secondary N) is 1. The first kappa shape index (κ1) is 26.9. The van der Waals surface area contributed by atoms with Crippen molar-refractivity contribution in [2.24, 2.45) is 11.7 Å². The molecule has 28 heavy (non-hydrogen) atoms. The van der Waals surface area contributed by atoms with Crippen LogP contribution in [0.1, 0.15) is 65.7 Å². The van der Waals surface area contributed by atoms with Crippen molar-refractivity contribution in [3.05, 3.63) is 12.2 Å². The van der Waals surface area contributed by atoms with Crippen LogP contribution in [0.25, 0.3) is 0 Å². The van der Waals surface area contributed by atoms with Crippen LogP contribution in [-0.4, -0.2) is 57.6 Å². The van der Waals surface area contributed by atoms with Crippen molar-refractivity contribution >= 4 is 24.5 Å². The molecule has 0 aromatic heterocycles. The van der Waals surface area contributed by atoms with Gasteiger partial charge < -0.3 is 15.9 Å². The summed E-state index contributed by atoms with van der Waals surface area (Å²) in [5, 5.41) is 20.7. The summed E-state index contributed by atoms with van der Waals surface area (Å²) in [5.41, 5.74) is 7.32. The van der Waals surface area contributed by atoms with Crippen molar-refractivity contribution < 1.29 is 19.8 Å². The molecule has 0 fully saturated rings. The van der Waals surface area contributed by atoms with Gasteiger partial charge in [0.1, 0.15) is 0 Å². The first-order chi connectivity index (χ1) is 13.3. The summed E-state index contributed by atoms with van der Waals surface area (Å²) in [6, 6.07) is -0.327. The fourth-order valence-electron chi connectivity index (χ4n) is 2.83. The molecule has 0 bridgehead atoms. The molecule has 0 aromatic carbocycles. The zero-order chi connectivity index (χ0) is 21.6. The van der Waals surface area contributed by atoms with E-state index in [1.54, 1.807) is 6.08 Å². The van der Waals surface area contributed by atoms with Crippen LogP contribution < -0.4 is 11.2 Å². The lowest BCUT2D eigenvalue weighted by atomic mass is 9.88. The van der Waals surface area contributed by atoms with Gasteiger partial charge >= 0.3 is 5.97 Å². The third-order valence-corrected chi connectivity index (χ3v) is 5.45. The number of aliphatic hydroxyl groups excluding tert-OH is 1. The molecule has 0 rings (SSSR count). The number of nitrogens with two attached hydrogens (primary N) is 1. The predicted molar refractivity (Wildman–Crippen MR) is 116 cm³/mol. The highest BCUT2D eigenvalue weighted by Crippen LogP contribution is 2.27. The Morgan fingerprint density at radius 1 is 1.29 bits per heavy atom. The monoisotopic (exact) mass is 417 g/mol. The number of hydrogen-bond acceptors (Lipinski definition) is 6. The number of allylic oxidation sites excluding steroid dienone is 1. The standard InChI is InChI=1S/C20H39N3O4S/c1-4-6-11-20(12-13-24,19(26)27)23(22-14-17(21)15-28)18(25)10-8-7-9-16(3)5-2/h7-8,16-17,22,24,28H,4-6,9-15,21H2,1-3H3,(H,26,27)/b8-7+/t16-,17?,20+/m0/s1. The summed E-state index contributed by atoms with van der Waals surface area (Å²) in [4.78, 5) is 25.2. The van der Waals surface area contributed by atoms with Crippen LogP contribution in [0.15, 0.2) is 12.2 Å². The fourth-order valence-corrected chi connectivity index (χ4v) is 2.96. The smallest absolute Gasteiger partial charge is 0.331 e. The van der Waals surface area contributed by atoms with Gasteiger partial charge in [-0.25, -0.2) is 10.2 Å². The quantitative estimate of drug-likeness (QED) is 0.150. The maximum Gasteiger partial charge on any atom is 0.331 e. The van der Waals surface area contributed by atoms with Gasteiger partial charge in [-0.2, -0.15) is 12.6 Å². The van der Waals surface area contributed by atoms with Crippen molar-refractivity contribution in [2.75, 3.05) is 18.9 Å². The number of carboxylic acids is 1. The van der Waals surface area contributed by atoms with Crippen LogP contribution >= 0.6 is 12.6 Å². The van der Waals surface area contributed by atoms with Gasteiger partial charge in [-0.1, -0.05) is 52.2 Å². The molecule has 8 heteroatoms. The summed E-state index contributed by atoms with van der Waals surface area (Å²) >= 11 is 4.14. The third-order valence-electron chi connectivity index (χ3n) is 4.99. The van der Waals surface area contributed by atoms with Crippen molar-refractivity contribution in [1.82, 2.24) is 10.4 Å². The number of thiol groups is 1. The zero-order valence-corrected chi connectivity index (χ0v) is 18.5. The van der Waals surface area contributed by atoms with Gasteiger partial charge in [-0.15, -0.1) is 0 Å². The number of hydrazine groups is 1. The molecule has 1 unspecified atom stereocenters. The van der Waals surface area contributed by atoms with E-state index < -0.39 is 11.5 Å². The topological polar surface area (TPSA) is 116 Å². The van der Waals surface area contributed by atoms with Crippen molar-refractivity contribution in [3.63, 3.8) is 0 Å². The number of aliphatic carboxylic acids is 1. The predicted octanol–water partition coefficient (Wildman–Crippen LogP) is 2.36. The van der Waals surface area contributed by atoms with E-state index in [0.717, 1.165) is 19.3 Å². The van der Waals surface area contributed by atoms with E-state index in [1.165, 1.54) is 5.01 Å². The van der Waals surface area contributed by atoms with Gasteiger partial charge in [0.25, 0.3) is 0 Å². The molecule has 0 radical (unpaired) electrons. The lowest BCUT2D eigenvalue weighted by Crippen LogP contribution is -2.64. The first-order valence-electron chi connectivity index (χ1n) is 10.2. The van der Waals surface area contributed by atoms with Gasteiger partial charge in [0.15, 0.2) is 5.54 Å². The number of carboxylic acid groups (broad SMARTS) is 1. The number of amides is 1. The van der Waals surface area contributed by atoms with E-state index in [-0.39, 0.29) is 44.4 Å². The molecule has 0 aromatic rings. The highest BCUT2D eigenvalue weighted by atomic mass is 32.1. The molecule has 0 aliphatic carbocycles. The Balaban J connectivity index is 5.57. The minimum Gasteiger partial charge on any atom is -0.479 e. The van der Waals surface area contributed by atoms with E-state index in [4.69, 9.17) is 5.73 Å². The molecule has 7 nitrogen and oxygen atoms in total. The molecule has 0 saturated heterocycles. The molecule has 0 spiro atoms. The minimum absolute atomic E-state index is 0.0478. The van der Waals surface area contributed by atoms with Crippen LogP contribution in [-0.2, 0) is 9.59 Å². The van der Waals surface area contributed by atoms with Crippen LogP contribution in [0, 0.1) is 5.92 Å². The highest BCUT2D eigenvalue weighted by molar-refractivity contribution is 7.80. The molecular formula is C20H39N3O4S. The number of carbonyl (C=O) groups is 2.